The highest BCUT2D eigenvalue weighted by Crippen LogP contribution is 2.12. The van der Waals surface area contributed by atoms with E-state index in [4.69, 9.17) is 11.5 Å². The maximum absolute atomic E-state index is 5.15. The van der Waals surface area contributed by atoms with Gasteiger partial charge in [0.15, 0.2) is 0 Å². The Bertz CT molecular complexity index is 562. The molecule has 2 rings (SSSR count). The zero-order chi connectivity index (χ0) is 11.5. The van der Waals surface area contributed by atoms with Gasteiger partial charge in [0, 0.05) is 7.05 Å². The Morgan fingerprint density at radius 3 is 3.00 bits per heavy atom. The number of aryl methyl sites for hydroxylation is 1. The SMILES string of the molecule is Cn1cnc2ccc(C=NN=C(N)N)cc21. The average Bonchev–Trinajstić information content (AvgIpc) is 2.60. The largest absolute Gasteiger partial charge is 0.369 e. The van der Waals surface area contributed by atoms with E-state index in [0.717, 1.165) is 16.6 Å². The van der Waals surface area contributed by atoms with Crippen LogP contribution in [0.3, 0.4) is 0 Å². The first-order valence-corrected chi connectivity index (χ1v) is 4.70. The molecule has 6 heteroatoms. The van der Waals surface area contributed by atoms with E-state index in [-0.39, 0.29) is 5.96 Å². The van der Waals surface area contributed by atoms with Crippen LogP contribution in [0, 0.1) is 0 Å². The van der Waals surface area contributed by atoms with E-state index in [1.165, 1.54) is 0 Å². The Labute approximate surface area is 92.3 Å². The molecule has 1 aromatic heterocycles. The van der Waals surface area contributed by atoms with Crippen molar-refractivity contribution in [1.82, 2.24) is 9.55 Å². The van der Waals surface area contributed by atoms with Crippen LogP contribution in [-0.2, 0) is 7.05 Å². The highest BCUT2D eigenvalue weighted by molar-refractivity contribution is 5.87. The van der Waals surface area contributed by atoms with Gasteiger partial charge in [-0.2, -0.15) is 5.10 Å². The second-order valence-electron chi connectivity index (χ2n) is 3.37. The quantitative estimate of drug-likeness (QED) is 0.426. The fraction of sp³-hybridized carbons (Fsp3) is 0.100. The molecule has 0 amide bonds. The van der Waals surface area contributed by atoms with Crippen LogP contribution in [0.15, 0.2) is 34.7 Å². The van der Waals surface area contributed by atoms with Crippen LogP contribution in [0.25, 0.3) is 11.0 Å². The smallest absolute Gasteiger partial charge is 0.211 e. The lowest BCUT2D eigenvalue weighted by atomic mass is 10.2. The predicted molar refractivity (Wildman–Crippen MR) is 64.1 cm³/mol. The third-order valence-electron chi connectivity index (χ3n) is 2.13. The Morgan fingerprint density at radius 1 is 1.44 bits per heavy atom. The highest BCUT2D eigenvalue weighted by atomic mass is 15.3. The van der Waals surface area contributed by atoms with Crippen molar-refractivity contribution >= 4 is 23.2 Å². The van der Waals surface area contributed by atoms with Gasteiger partial charge in [0.2, 0.25) is 5.96 Å². The van der Waals surface area contributed by atoms with E-state index < -0.39 is 0 Å². The van der Waals surface area contributed by atoms with E-state index in [9.17, 15) is 0 Å². The summed E-state index contributed by atoms with van der Waals surface area (Å²) in [7, 11) is 1.94. The molecule has 0 aliphatic carbocycles. The normalized spacial score (nSPS) is 11.1. The van der Waals surface area contributed by atoms with Crippen molar-refractivity contribution in [3.63, 3.8) is 0 Å². The van der Waals surface area contributed by atoms with Gasteiger partial charge in [-0.25, -0.2) is 4.98 Å². The topological polar surface area (TPSA) is 94.6 Å². The highest BCUT2D eigenvalue weighted by Gasteiger charge is 1.99. The van der Waals surface area contributed by atoms with E-state index in [1.807, 2.05) is 29.8 Å². The molecule has 0 radical (unpaired) electrons. The first kappa shape index (κ1) is 10.2. The van der Waals surface area contributed by atoms with Crippen LogP contribution in [-0.4, -0.2) is 21.7 Å². The van der Waals surface area contributed by atoms with E-state index in [1.54, 1.807) is 12.5 Å². The fourth-order valence-corrected chi connectivity index (χ4v) is 1.39. The van der Waals surface area contributed by atoms with Crippen LogP contribution in [0.2, 0.25) is 0 Å². The number of guanidine groups is 1. The maximum atomic E-state index is 5.15. The molecule has 0 unspecified atom stereocenters. The van der Waals surface area contributed by atoms with Gasteiger partial charge >= 0.3 is 0 Å². The summed E-state index contributed by atoms with van der Waals surface area (Å²) in [6, 6.07) is 5.79. The molecule has 4 N–H and O–H groups in total. The summed E-state index contributed by atoms with van der Waals surface area (Å²) in [5.41, 5.74) is 13.2. The molecule has 0 bridgehead atoms. The molecule has 6 nitrogen and oxygen atoms in total. The van der Waals surface area contributed by atoms with Crippen molar-refractivity contribution in [2.75, 3.05) is 0 Å². The van der Waals surface area contributed by atoms with Crippen molar-refractivity contribution in [3.05, 3.63) is 30.1 Å². The number of imidazole rings is 1. The molecule has 0 aliphatic heterocycles. The van der Waals surface area contributed by atoms with E-state index >= 15 is 0 Å². The maximum Gasteiger partial charge on any atom is 0.211 e. The van der Waals surface area contributed by atoms with Crippen LogP contribution < -0.4 is 11.5 Å². The second kappa shape index (κ2) is 4.01. The van der Waals surface area contributed by atoms with E-state index in [2.05, 4.69) is 15.2 Å². The van der Waals surface area contributed by atoms with Gasteiger partial charge in [0.1, 0.15) is 0 Å². The molecule has 1 aromatic carbocycles. The molecule has 82 valence electrons. The summed E-state index contributed by atoms with van der Waals surface area (Å²) < 4.78 is 1.94. The lowest BCUT2D eigenvalue weighted by Crippen LogP contribution is -2.21. The van der Waals surface area contributed by atoms with Gasteiger partial charge < -0.3 is 16.0 Å². The summed E-state index contributed by atoms with van der Waals surface area (Å²) in [5, 5.41) is 7.27. The van der Waals surface area contributed by atoms with Gasteiger partial charge in [-0.05, 0) is 17.7 Å². The number of hydrogen-bond donors (Lipinski definition) is 2. The first-order chi connectivity index (χ1) is 7.66. The molecule has 0 saturated carbocycles. The Kier molecular flexibility index (Phi) is 2.55. The molecule has 0 fully saturated rings. The molecule has 0 saturated heterocycles. The van der Waals surface area contributed by atoms with Crippen LogP contribution in [0.1, 0.15) is 5.56 Å². The van der Waals surface area contributed by atoms with Crippen LogP contribution >= 0.6 is 0 Å². The monoisotopic (exact) mass is 216 g/mol. The minimum absolute atomic E-state index is 0.0575. The molecule has 0 spiro atoms. The van der Waals surface area contributed by atoms with Gasteiger partial charge in [0.25, 0.3) is 0 Å². The lowest BCUT2D eigenvalue weighted by molar-refractivity contribution is 0.947. The number of benzene rings is 1. The van der Waals surface area contributed by atoms with Gasteiger partial charge in [-0.15, -0.1) is 5.10 Å². The number of aromatic nitrogens is 2. The zero-order valence-electron chi connectivity index (χ0n) is 8.83. The number of fused-ring (bicyclic) bond motifs is 1. The first-order valence-electron chi connectivity index (χ1n) is 4.70. The number of nitrogens with two attached hydrogens (primary N) is 2. The number of nitrogens with zero attached hydrogens (tertiary/aromatic N) is 4. The molecular formula is C10H12N6. The van der Waals surface area contributed by atoms with Crippen LogP contribution in [0.4, 0.5) is 0 Å². The molecule has 1 heterocycles. The van der Waals surface area contributed by atoms with Gasteiger partial charge in [0.05, 0.1) is 23.6 Å². The third kappa shape index (κ3) is 2.00. The fourth-order valence-electron chi connectivity index (χ4n) is 1.39. The van der Waals surface area contributed by atoms with Crippen molar-refractivity contribution in [2.45, 2.75) is 0 Å². The number of hydrogen-bond acceptors (Lipinski definition) is 3. The average molecular weight is 216 g/mol. The summed E-state index contributed by atoms with van der Waals surface area (Å²) in [6.45, 7) is 0. The van der Waals surface area contributed by atoms with Crippen molar-refractivity contribution in [2.24, 2.45) is 28.7 Å². The number of rotatable bonds is 2. The van der Waals surface area contributed by atoms with Crippen LogP contribution in [0.5, 0.6) is 0 Å². The summed E-state index contributed by atoms with van der Waals surface area (Å²) in [6.07, 6.45) is 3.35. The third-order valence-corrected chi connectivity index (χ3v) is 2.13. The standard InChI is InChI=1S/C10H12N6/c1-16-6-13-8-3-2-7(4-9(8)16)5-14-15-10(11)12/h2-6H,1H3,(H4,11,12,15). The molecular weight excluding hydrogens is 204 g/mol. The van der Waals surface area contributed by atoms with Crippen molar-refractivity contribution in [1.29, 1.82) is 0 Å². The summed E-state index contributed by atoms with van der Waals surface area (Å²) in [5.74, 6) is -0.0575. The molecule has 16 heavy (non-hydrogen) atoms. The molecule has 0 aliphatic rings. The lowest BCUT2D eigenvalue weighted by Gasteiger charge is -1.95. The summed E-state index contributed by atoms with van der Waals surface area (Å²) >= 11 is 0. The predicted octanol–water partition coefficient (Wildman–Crippen LogP) is 0.181. The van der Waals surface area contributed by atoms with E-state index in [0.29, 0.717) is 0 Å². The molecule has 0 atom stereocenters. The Morgan fingerprint density at radius 2 is 2.25 bits per heavy atom. The zero-order valence-corrected chi connectivity index (χ0v) is 8.83. The van der Waals surface area contributed by atoms with Gasteiger partial charge in [-0.3, -0.25) is 0 Å². The Balaban J connectivity index is 2.35. The minimum atomic E-state index is -0.0575. The van der Waals surface area contributed by atoms with Crippen molar-refractivity contribution in [3.8, 4) is 0 Å². The Hall–Kier alpha value is -2.37. The second-order valence-corrected chi connectivity index (χ2v) is 3.37. The minimum Gasteiger partial charge on any atom is -0.369 e. The summed E-state index contributed by atoms with van der Waals surface area (Å²) in [4.78, 5) is 4.22. The van der Waals surface area contributed by atoms with Crippen molar-refractivity contribution < 1.29 is 0 Å². The molecule has 2 aromatic rings. The van der Waals surface area contributed by atoms with Gasteiger partial charge in [-0.1, -0.05) is 6.07 Å².